The van der Waals surface area contributed by atoms with Gasteiger partial charge in [0.2, 0.25) is 0 Å². The van der Waals surface area contributed by atoms with Gasteiger partial charge in [-0.05, 0) is 0 Å². The van der Waals surface area contributed by atoms with Gasteiger partial charge >= 0.3 is 339 Å². The number of hydrogen-bond acceptors (Lipinski definition) is 0. The van der Waals surface area contributed by atoms with E-state index in [9.17, 15) is 0 Å². The van der Waals surface area contributed by atoms with Crippen molar-refractivity contribution in [1.29, 1.82) is 0 Å². The second-order valence-electron chi connectivity index (χ2n) is 20.2. The van der Waals surface area contributed by atoms with E-state index in [0.717, 1.165) is 17.9 Å². The summed E-state index contributed by atoms with van der Waals surface area (Å²) in [6, 6.07) is 28.0. The SMILES string of the molecule is CC1=Cc2c(-c3cc([N+](C)(C)C)cc([N+](C)(C)C)c3)cccc2[CH]1[Zr]([Cl])([Cl])([CH]1C(C)=Cc2c(-c3cc([N+](C)(C)C)cc([N+](C)(C)C)c3)cccc21)[SiH](C)C. The summed E-state index contributed by atoms with van der Waals surface area (Å²) in [5, 5.41) is 0. The molecule has 287 valence electrons. The van der Waals surface area contributed by atoms with Crippen molar-refractivity contribution < 1.29 is 15.6 Å². The molecule has 0 bridgehead atoms. The van der Waals surface area contributed by atoms with Gasteiger partial charge in [0.1, 0.15) is 0 Å². The zero-order valence-corrected chi connectivity index (χ0v) is 41.0. The fraction of sp³-hybridized carbons (Fsp3) is 0.391. The van der Waals surface area contributed by atoms with Crippen LogP contribution in [0.4, 0.5) is 22.7 Å². The van der Waals surface area contributed by atoms with Crippen LogP contribution in [0.3, 0.4) is 0 Å². The second kappa shape index (κ2) is 13.5. The quantitative estimate of drug-likeness (QED) is 0.116. The molecule has 0 saturated carbocycles. The van der Waals surface area contributed by atoms with E-state index in [1.807, 2.05) is 0 Å². The predicted octanol–water partition coefficient (Wildman–Crippen LogP) is 11.4. The van der Waals surface area contributed by atoms with E-state index in [-0.39, 0.29) is 7.25 Å². The Morgan fingerprint density at radius 1 is 0.481 bits per heavy atom. The molecule has 0 fully saturated rings. The van der Waals surface area contributed by atoms with E-state index in [1.165, 1.54) is 78.4 Å². The van der Waals surface area contributed by atoms with E-state index >= 15 is 0 Å². The zero-order chi connectivity index (χ0) is 40.2. The fourth-order valence-electron chi connectivity index (χ4n) is 8.96. The van der Waals surface area contributed by atoms with Gasteiger partial charge in [0, 0.05) is 0 Å². The maximum atomic E-state index is 8.67. The Balaban J connectivity index is 1.55. The maximum absolute atomic E-state index is 8.67. The van der Waals surface area contributed by atoms with Crippen LogP contribution in [0.1, 0.15) is 43.4 Å². The Morgan fingerprint density at radius 2 is 0.778 bits per heavy atom. The number of allylic oxidation sites excluding steroid dienone is 2. The number of quaternary nitrogens is 4. The monoisotopic (exact) mass is 861 g/mol. The Kier molecular flexibility index (Phi) is 10.4. The summed E-state index contributed by atoms with van der Waals surface area (Å²) in [5.74, 6) is -1.67. The molecule has 2 atom stereocenters. The molecule has 0 amide bonds. The summed E-state index contributed by atoms with van der Waals surface area (Å²) < 4.78 is 3.10. The number of benzene rings is 4. The van der Waals surface area contributed by atoms with Gasteiger partial charge in [-0.25, -0.2) is 0 Å². The van der Waals surface area contributed by atoms with Crippen molar-refractivity contribution in [2.45, 2.75) is 34.2 Å². The molecule has 4 aromatic carbocycles. The molecule has 0 radical (unpaired) electrons. The standard InChI is InChI=1S/2C22H29N2.C2H7Si.2ClH.Zr/c2*1-16-11-17-9-8-10-21(22(17)12-16)18-13-19(23(2,3)4)15-20(14-18)24(5,6)7;1-3-2;;;/h2*8-15H,1-7H3;3H,1-2H3;2*1H;/q2*+2;;;;+2/p-2. The van der Waals surface area contributed by atoms with Gasteiger partial charge in [0.05, 0.1) is 0 Å². The predicted molar refractivity (Wildman–Crippen MR) is 245 cm³/mol. The minimum atomic E-state index is -4.87. The third-order valence-electron chi connectivity index (χ3n) is 12.3. The second-order valence-corrected chi connectivity index (χ2v) is 62.7. The molecule has 0 saturated heterocycles. The first kappa shape index (κ1) is 41.5. The van der Waals surface area contributed by atoms with Crippen molar-refractivity contribution in [3.8, 4) is 22.3 Å². The Hall–Kier alpha value is -2.12. The van der Waals surface area contributed by atoms with E-state index in [2.05, 4.69) is 196 Å². The molecule has 2 unspecified atom stereocenters. The van der Waals surface area contributed by atoms with Crippen molar-refractivity contribution >= 4 is 57.9 Å². The zero-order valence-electron chi connectivity index (χ0n) is 35.9. The third-order valence-corrected chi connectivity index (χ3v) is 64.6. The summed E-state index contributed by atoms with van der Waals surface area (Å²) in [5.41, 5.74) is 18.1. The van der Waals surface area contributed by atoms with Crippen LogP contribution in [0.5, 0.6) is 0 Å². The first-order valence-corrected chi connectivity index (χ1v) is 35.7. The van der Waals surface area contributed by atoms with Crippen LogP contribution in [0.15, 0.2) is 83.9 Å². The van der Waals surface area contributed by atoms with Crippen LogP contribution < -0.4 is 17.9 Å². The van der Waals surface area contributed by atoms with Gasteiger partial charge in [-0.2, -0.15) is 0 Å². The van der Waals surface area contributed by atoms with Crippen molar-refractivity contribution in [2.24, 2.45) is 0 Å². The first-order valence-electron chi connectivity index (χ1n) is 19.4. The molecule has 0 spiro atoms. The van der Waals surface area contributed by atoms with Gasteiger partial charge in [0.15, 0.2) is 0 Å². The van der Waals surface area contributed by atoms with E-state index in [4.69, 9.17) is 17.0 Å². The Morgan fingerprint density at radius 3 is 1.04 bits per heavy atom. The van der Waals surface area contributed by atoms with E-state index < -0.39 is 21.5 Å². The molecule has 54 heavy (non-hydrogen) atoms. The average molecular weight is 864 g/mol. The molecule has 0 heterocycles. The summed E-state index contributed by atoms with van der Waals surface area (Å²) in [6.45, 7) is 9.48. The number of halogens is 2. The molecular formula is C46H65Cl2N4SiZr+4. The molecule has 4 nitrogen and oxygen atoms in total. The number of rotatable bonds is 9. The molecular weight excluding hydrogens is 799 g/mol. The van der Waals surface area contributed by atoms with E-state index in [0.29, 0.717) is 0 Å². The van der Waals surface area contributed by atoms with E-state index in [1.54, 1.807) is 0 Å². The van der Waals surface area contributed by atoms with Crippen molar-refractivity contribution in [3.63, 3.8) is 0 Å². The Labute approximate surface area is 336 Å². The molecule has 6 rings (SSSR count). The van der Waals surface area contributed by atoms with Gasteiger partial charge in [-0.15, -0.1) is 0 Å². The first-order chi connectivity index (χ1) is 24.6. The molecule has 0 aromatic heterocycles. The Bertz CT molecular complexity index is 2010. The van der Waals surface area contributed by atoms with Gasteiger partial charge in [-0.3, -0.25) is 0 Å². The topological polar surface area (TPSA) is 0 Å². The summed E-state index contributed by atoms with van der Waals surface area (Å²) in [4.78, 5) is 0. The summed E-state index contributed by atoms with van der Waals surface area (Å²) >= 11 is -4.87. The molecule has 0 aliphatic heterocycles. The van der Waals surface area contributed by atoms with Gasteiger partial charge < -0.3 is 0 Å². The van der Waals surface area contributed by atoms with Crippen molar-refractivity contribution in [1.82, 2.24) is 17.9 Å². The van der Waals surface area contributed by atoms with Crippen molar-refractivity contribution in [3.05, 3.63) is 106 Å². The molecule has 4 aromatic rings. The number of fused-ring (bicyclic) bond motifs is 2. The molecule has 8 heteroatoms. The average Bonchev–Trinajstić information content (AvgIpc) is 3.59. The number of hydrogen-bond donors (Lipinski definition) is 0. The summed E-state index contributed by atoms with van der Waals surface area (Å²) in [6.07, 6.45) is 4.87. The van der Waals surface area contributed by atoms with Crippen LogP contribution in [0, 0.1) is 0 Å². The summed E-state index contributed by atoms with van der Waals surface area (Å²) in [7, 11) is 44.3. The van der Waals surface area contributed by atoms with Gasteiger partial charge in [-0.1, -0.05) is 0 Å². The normalized spacial score (nSPS) is 18.6. The van der Waals surface area contributed by atoms with Gasteiger partial charge in [0.25, 0.3) is 0 Å². The molecule has 2 aliphatic rings. The fourth-order valence-corrected chi connectivity index (χ4v) is 41.9. The van der Waals surface area contributed by atoms with Crippen LogP contribution in [0.25, 0.3) is 34.4 Å². The van der Waals surface area contributed by atoms with Crippen LogP contribution in [-0.2, 0) is 15.6 Å². The van der Waals surface area contributed by atoms with Crippen LogP contribution >= 0.6 is 17.0 Å². The number of nitrogens with zero attached hydrogens (tertiary/aromatic N) is 4. The minimum absolute atomic E-state index is 0.0464. The van der Waals surface area contributed by atoms with Crippen LogP contribution in [0.2, 0.25) is 13.1 Å². The molecule has 2 aliphatic carbocycles. The molecule has 0 N–H and O–H groups in total. The van der Waals surface area contributed by atoms with Crippen LogP contribution in [-0.4, -0.2) is 90.5 Å². The van der Waals surface area contributed by atoms with Crippen molar-refractivity contribution in [2.75, 3.05) is 84.6 Å². The third kappa shape index (κ3) is 7.06.